The normalized spacial score (nSPS) is 11.7. The minimum atomic E-state index is -0.816. The van der Waals surface area contributed by atoms with Gasteiger partial charge in [-0.2, -0.15) is 0 Å². The van der Waals surface area contributed by atoms with Crippen molar-refractivity contribution in [3.63, 3.8) is 0 Å². The fourth-order valence-corrected chi connectivity index (χ4v) is 4.03. The molecular formula is C31H27N3O4. The van der Waals surface area contributed by atoms with E-state index in [2.05, 4.69) is 15.3 Å². The number of amides is 1. The summed E-state index contributed by atoms with van der Waals surface area (Å²) < 4.78 is 11.7. The summed E-state index contributed by atoms with van der Waals surface area (Å²) in [6.07, 6.45) is 1.72. The second kappa shape index (κ2) is 12.0. The van der Waals surface area contributed by atoms with Crippen molar-refractivity contribution >= 4 is 22.7 Å². The van der Waals surface area contributed by atoms with Crippen LogP contribution in [0.3, 0.4) is 0 Å². The topological polar surface area (TPSA) is 93.3 Å². The summed E-state index contributed by atoms with van der Waals surface area (Å²) in [6, 6.07) is 30.9. The molecule has 7 nitrogen and oxygen atoms in total. The minimum absolute atomic E-state index is 0.0565. The molecule has 5 rings (SSSR count). The Labute approximate surface area is 220 Å². The number of hydrogen-bond acceptors (Lipinski definition) is 5. The monoisotopic (exact) mass is 505 g/mol. The van der Waals surface area contributed by atoms with Gasteiger partial charge in [-0.25, -0.2) is 4.98 Å². The zero-order valence-electron chi connectivity index (χ0n) is 20.7. The van der Waals surface area contributed by atoms with Gasteiger partial charge in [0, 0.05) is 12.0 Å². The lowest BCUT2D eigenvalue weighted by Crippen LogP contribution is -2.44. The number of benzene rings is 4. The van der Waals surface area contributed by atoms with Crippen LogP contribution in [0.1, 0.15) is 21.5 Å². The lowest BCUT2D eigenvalue weighted by atomic mass is 10.0. The van der Waals surface area contributed by atoms with Gasteiger partial charge in [0.15, 0.2) is 5.78 Å². The zero-order valence-corrected chi connectivity index (χ0v) is 20.7. The van der Waals surface area contributed by atoms with E-state index in [1.165, 1.54) is 0 Å². The number of fused-ring (bicyclic) bond motifs is 1. The third kappa shape index (κ3) is 6.52. The second-order valence-corrected chi connectivity index (χ2v) is 8.86. The Morgan fingerprint density at radius 2 is 1.53 bits per heavy atom. The van der Waals surface area contributed by atoms with Gasteiger partial charge in [0.2, 0.25) is 0 Å². The molecule has 2 N–H and O–H groups in total. The number of carbonyl (C=O) groups is 2. The number of aromatic amines is 1. The maximum absolute atomic E-state index is 13.3. The molecule has 0 saturated heterocycles. The quantitative estimate of drug-likeness (QED) is 0.248. The Hall–Kier alpha value is -4.75. The number of carbonyl (C=O) groups excluding carboxylic acids is 2. The lowest BCUT2D eigenvalue weighted by molar-refractivity contribution is -0.121. The van der Waals surface area contributed by atoms with E-state index >= 15 is 0 Å². The van der Waals surface area contributed by atoms with Crippen molar-refractivity contribution in [1.82, 2.24) is 15.3 Å². The third-order valence-corrected chi connectivity index (χ3v) is 6.05. The summed E-state index contributed by atoms with van der Waals surface area (Å²) in [5, 5.41) is 2.87. The Kier molecular flexibility index (Phi) is 7.86. The highest BCUT2D eigenvalue weighted by atomic mass is 16.5. The zero-order chi connectivity index (χ0) is 26.2. The Morgan fingerprint density at radius 1 is 0.816 bits per heavy atom. The molecule has 1 heterocycles. The SMILES string of the molecule is O=C(NC(COCc1ccccc1)C(=O)Cc1ccc(Oc2ccccc2)cc1)c1ccc2nc[nH]c2c1. The molecule has 0 aliphatic rings. The molecule has 1 unspecified atom stereocenters. The molecule has 0 spiro atoms. The van der Waals surface area contributed by atoms with Crippen molar-refractivity contribution in [2.24, 2.45) is 0 Å². The van der Waals surface area contributed by atoms with E-state index in [0.717, 1.165) is 27.9 Å². The maximum Gasteiger partial charge on any atom is 0.252 e. The number of imidazole rings is 1. The van der Waals surface area contributed by atoms with E-state index < -0.39 is 6.04 Å². The molecule has 4 aromatic carbocycles. The largest absolute Gasteiger partial charge is 0.457 e. The first-order chi connectivity index (χ1) is 18.6. The number of nitrogens with zero attached hydrogens (tertiary/aromatic N) is 1. The molecule has 1 amide bonds. The summed E-state index contributed by atoms with van der Waals surface area (Å²) in [6.45, 7) is 0.396. The highest BCUT2D eigenvalue weighted by Gasteiger charge is 2.22. The first kappa shape index (κ1) is 24.9. The number of para-hydroxylation sites is 1. The smallest absolute Gasteiger partial charge is 0.252 e. The van der Waals surface area contributed by atoms with E-state index in [1.54, 1.807) is 24.5 Å². The predicted molar refractivity (Wildman–Crippen MR) is 145 cm³/mol. The maximum atomic E-state index is 13.3. The number of aromatic nitrogens is 2. The molecule has 1 atom stereocenters. The van der Waals surface area contributed by atoms with Crippen LogP contribution >= 0.6 is 0 Å². The summed E-state index contributed by atoms with van der Waals surface area (Å²) in [7, 11) is 0. The minimum Gasteiger partial charge on any atom is -0.457 e. The average Bonchev–Trinajstić information content (AvgIpc) is 3.43. The van der Waals surface area contributed by atoms with E-state index in [1.807, 2.05) is 84.9 Å². The van der Waals surface area contributed by atoms with Crippen LogP contribution in [0.25, 0.3) is 11.0 Å². The van der Waals surface area contributed by atoms with Crippen molar-refractivity contribution in [1.29, 1.82) is 0 Å². The van der Waals surface area contributed by atoms with E-state index in [9.17, 15) is 9.59 Å². The number of ketones is 1. The van der Waals surface area contributed by atoms with Crippen LogP contribution < -0.4 is 10.1 Å². The third-order valence-electron chi connectivity index (χ3n) is 6.05. The van der Waals surface area contributed by atoms with Crippen molar-refractivity contribution in [2.75, 3.05) is 6.61 Å². The highest BCUT2D eigenvalue weighted by Crippen LogP contribution is 2.21. The molecule has 0 radical (unpaired) electrons. The first-order valence-electron chi connectivity index (χ1n) is 12.3. The molecule has 0 bridgehead atoms. The summed E-state index contributed by atoms with van der Waals surface area (Å²) >= 11 is 0. The fraction of sp³-hybridized carbons (Fsp3) is 0.129. The van der Waals surface area contributed by atoms with Crippen LogP contribution in [0, 0.1) is 0 Å². The number of Topliss-reactive ketones (excluding diaryl/α,β-unsaturated/α-hetero) is 1. The molecule has 0 aliphatic heterocycles. The fourth-order valence-electron chi connectivity index (χ4n) is 4.03. The Balaban J connectivity index is 1.26. The summed E-state index contributed by atoms with van der Waals surface area (Å²) in [5.41, 5.74) is 3.75. The van der Waals surface area contributed by atoms with Gasteiger partial charge in [0.25, 0.3) is 5.91 Å². The van der Waals surface area contributed by atoms with Gasteiger partial charge in [-0.05, 0) is 53.6 Å². The highest BCUT2D eigenvalue weighted by molar-refractivity contribution is 6.00. The van der Waals surface area contributed by atoms with Gasteiger partial charge in [-0.15, -0.1) is 0 Å². The Bertz CT molecular complexity index is 1500. The molecule has 0 saturated carbocycles. The Morgan fingerprint density at radius 3 is 2.29 bits per heavy atom. The average molecular weight is 506 g/mol. The number of H-pyrrole nitrogens is 1. The van der Waals surface area contributed by atoms with E-state index in [4.69, 9.17) is 9.47 Å². The van der Waals surface area contributed by atoms with E-state index in [-0.39, 0.29) is 24.7 Å². The van der Waals surface area contributed by atoms with Gasteiger partial charge in [0.1, 0.15) is 17.5 Å². The van der Waals surface area contributed by atoms with Gasteiger partial charge in [0.05, 0.1) is 30.6 Å². The van der Waals surface area contributed by atoms with E-state index in [0.29, 0.717) is 17.9 Å². The van der Waals surface area contributed by atoms with Crippen LogP contribution in [-0.2, 0) is 22.6 Å². The summed E-state index contributed by atoms with van der Waals surface area (Å²) in [5.74, 6) is 0.918. The van der Waals surface area contributed by atoms with Crippen LogP contribution in [0.4, 0.5) is 0 Å². The molecule has 0 fully saturated rings. The second-order valence-electron chi connectivity index (χ2n) is 8.86. The summed E-state index contributed by atoms with van der Waals surface area (Å²) in [4.78, 5) is 33.6. The molecule has 190 valence electrons. The predicted octanol–water partition coefficient (Wildman–Crippen LogP) is 5.48. The number of rotatable bonds is 11. The molecule has 0 aliphatic carbocycles. The van der Waals surface area contributed by atoms with Gasteiger partial charge < -0.3 is 19.8 Å². The first-order valence-corrected chi connectivity index (χ1v) is 12.3. The van der Waals surface area contributed by atoms with Crippen LogP contribution in [0.15, 0.2) is 109 Å². The molecule has 7 heteroatoms. The molecule has 5 aromatic rings. The lowest BCUT2D eigenvalue weighted by Gasteiger charge is -2.18. The van der Waals surface area contributed by atoms with Crippen LogP contribution in [0.2, 0.25) is 0 Å². The number of nitrogens with one attached hydrogen (secondary N) is 2. The van der Waals surface area contributed by atoms with Gasteiger partial charge in [-0.1, -0.05) is 60.7 Å². The van der Waals surface area contributed by atoms with Gasteiger partial charge >= 0.3 is 0 Å². The van der Waals surface area contributed by atoms with Crippen molar-refractivity contribution in [2.45, 2.75) is 19.1 Å². The van der Waals surface area contributed by atoms with Gasteiger partial charge in [-0.3, -0.25) is 9.59 Å². The van der Waals surface area contributed by atoms with Crippen molar-refractivity contribution < 1.29 is 19.1 Å². The van der Waals surface area contributed by atoms with Crippen LogP contribution in [-0.4, -0.2) is 34.3 Å². The molecule has 1 aromatic heterocycles. The van der Waals surface area contributed by atoms with Crippen molar-refractivity contribution in [3.8, 4) is 11.5 Å². The number of ether oxygens (including phenoxy) is 2. The standard InChI is InChI=1S/C31H27N3O4/c35-30(17-22-11-14-26(15-12-22)38-25-9-5-2-6-10-25)29(20-37-19-23-7-3-1-4-8-23)34-31(36)24-13-16-27-28(18-24)33-21-32-27/h1-16,18,21,29H,17,19-20H2,(H,32,33)(H,34,36). The molecular weight excluding hydrogens is 478 g/mol. The number of hydrogen-bond donors (Lipinski definition) is 2. The molecule has 38 heavy (non-hydrogen) atoms. The van der Waals surface area contributed by atoms with Crippen molar-refractivity contribution in [3.05, 3.63) is 126 Å². The van der Waals surface area contributed by atoms with Crippen LogP contribution in [0.5, 0.6) is 11.5 Å².